The molecule has 1 heterocycles. The third-order valence-electron chi connectivity index (χ3n) is 3.62. The van der Waals surface area contributed by atoms with E-state index < -0.39 is 0 Å². The Morgan fingerprint density at radius 2 is 1.79 bits per heavy atom. The number of hydrogen-bond donors (Lipinski definition) is 1. The van der Waals surface area contributed by atoms with Crippen molar-refractivity contribution >= 4 is 5.69 Å². The zero-order valence-electron chi connectivity index (χ0n) is 11.4. The van der Waals surface area contributed by atoms with Crippen LogP contribution < -0.4 is 5.32 Å². The molecule has 1 aliphatic rings. The van der Waals surface area contributed by atoms with Gasteiger partial charge in [0.1, 0.15) is 0 Å². The summed E-state index contributed by atoms with van der Waals surface area (Å²) in [6.07, 6.45) is 0. The summed E-state index contributed by atoms with van der Waals surface area (Å²) < 4.78 is 0. The predicted octanol–water partition coefficient (Wildman–Crippen LogP) is 3.63. The molecule has 2 heteroatoms. The van der Waals surface area contributed by atoms with Gasteiger partial charge in [-0.15, -0.1) is 0 Å². The lowest BCUT2D eigenvalue weighted by Crippen LogP contribution is -2.15. The van der Waals surface area contributed by atoms with Gasteiger partial charge in [-0.1, -0.05) is 36.4 Å². The van der Waals surface area contributed by atoms with Crippen molar-refractivity contribution in [1.82, 2.24) is 4.90 Å². The Balaban J connectivity index is 1.70. The number of hydrogen-bond acceptors (Lipinski definition) is 2. The quantitative estimate of drug-likeness (QED) is 0.893. The van der Waals surface area contributed by atoms with Crippen LogP contribution >= 0.6 is 0 Å². The van der Waals surface area contributed by atoms with Crippen LogP contribution in [0.4, 0.5) is 5.69 Å². The first-order chi connectivity index (χ1) is 9.35. The van der Waals surface area contributed by atoms with Crippen LogP contribution in [0.1, 0.15) is 23.6 Å². The second kappa shape index (κ2) is 5.45. The minimum absolute atomic E-state index is 0.979. The molecule has 1 N–H and O–H groups in total. The number of nitrogens with zero attached hydrogens (tertiary/aromatic N) is 1. The zero-order chi connectivity index (χ0) is 13.1. The van der Waals surface area contributed by atoms with Crippen LogP contribution in [0.5, 0.6) is 0 Å². The Morgan fingerprint density at radius 3 is 2.58 bits per heavy atom. The minimum Gasteiger partial charge on any atom is -0.385 e. The fourth-order valence-electron chi connectivity index (χ4n) is 2.73. The third-order valence-corrected chi connectivity index (χ3v) is 3.62. The van der Waals surface area contributed by atoms with E-state index in [1.807, 2.05) is 0 Å². The van der Waals surface area contributed by atoms with E-state index >= 15 is 0 Å². The van der Waals surface area contributed by atoms with E-state index in [-0.39, 0.29) is 0 Å². The first-order valence-corrected chi connectivity index (χ1v) is 6.97. The molecule has 0 amide bonds. The summed E-state index contributed by atoms with van der Waals surface area (Å²) in [7, 11) is 0. The molecule has 2 aromatic carbocycles. The molecule has 0 saturated heterocycles. The Hall–Kier alpha value is -1.80. The molecule has 0 spiro atoms. The molecule has 1 aliphatic heterocycles. The van der Waals surface area contributed by atoms with Crippen LogP contribution in [0.15, 0.2) is 48.5 Å². The lowest BCUT2D eigenvalue weighted by atomic mass is 10.1. The van der Waals surface area contributed by atoms with Gasteiger partial charge in [-0.2, -0.15) is 0 Å². The van der Waals surface area contributed by atoms with Crippen LogP contribution in [0, 0.1) is 0 Å². The molecule has 19 heavy (non-hydrogen) atoms. The van der Waals surface area contributed by atoms with Crippen molar-refractivity contribution in [1.29, 1.82) is 0 Å². The first-order valence-electron chi connectivity index (χ1n) is 6.97. The fraction of sp³-hybridized carbons (Fsp3) is 0.294. The Labute approximate surface area is 115 Å². The molecule has 2 nitrogen and oxygen atoms in total. The third kappa shape index (κ3) is 2.79. The maximum atomic E-state index is 3.38. The largest absolute Gasteiger partial charge is 0.385 e. The monoisotopic (exact) mass is 252 g/mol. The van der Waals surface area contributed by atoms with Gasteiger partial charge in [0.15, 0.2) is 0 Å². The summed E-state index contributed by atoms with van der Waals surface area (Å²) in [6, 6.07) is 17.4. The van der Waals surface area contributed by atoms with Gasteiger partial charge in [0.05, 0.1) is 0 Å². The molecule has 3 rings (SSSR count). The average molecular weight is 252 g/mol. The normalized spacial score (nSPS) is 14.4. The highest BCUT2D eigenvalue weighted by atomic mass is 15.1. The van der Waals surface area contributed by atoms with Crippen LogP contribution in [-0.4, -0.2) is 11.4 Å². The molecule has 0 aliphatic carbocycles. The van der Waals surface area contributed by atoms with Crippen molar-refractivity contribution in [2.75, 3.05) is 11.9 Å². The van der Waals surface area contributed by atoms with Gasteiger partial charge in [0.2, 0.25) is 0 Å². The molecule has 0 unspecified atom stereocenters. The van der Waals surface area contributed by atoms with Crippen molar-refractivity contribution in [2.24, 2.45) is 0 Å². The van der Waals surface area contributed by atoms with Gasteiger partial charge in [-0.25, -0.2) is 0 Å². The molecular weight excluding hydrogens is 232 g/mol. The van der Waals surface area contributed by atoms with E-state index in [0.29, 0.717) is 0 Å². The SMILES string of the molecule is CCNc1ccc2c(c1)CN(Cc1ccccc1)C2. The van der Waals surface area contributed by atoms with Crippen molar-refractivity contribution < 1.29 is 0 Å². The van der Waals surface area contributed by atoms with Crippen molar-refractivity contribution in [2.45, 2.75) is 26.6 Å². The molecular formula is C17H20N2. The molecule has 0 atom stereocenters. The molecule has 0 radical (unpaired) electrons. The number of benzene rings is 2. The topological polar surface area (TPSA) is 15.3 Å². The molecule has 0 aromatic heterocycles. The van der Waals surface area contributed by atoms with Crippen molar-refractivity contribution in [3.8, 4) is 0 Å². The van der Waals surface area contributed by atoms with E-state index in [1.54, 1.807) is 0 Å². The highest BCUT2D eigenvalue weighted by Gasteiger charge is 2.18. The Morgan fingerprint density at radius 1 is 1.00 bits per heavy atom. The first kappa shape index (κ1) is 12.2. The van der Waals surface area contributed by atoms with E-state index in [2.05, 4.69) is 65.7 Å². The highest BCUT2D eigenvalue weighted by Crippen LogP contribution is 2.26. The fourth-order valence-corrected chi connectivity index (χ4v) is 2.73. The Kier molecular flexibility index (Phi) is 3.51. The maximum Gasteiger partial charge on any atom is 0.0343 e. The summed E-state index contributed by atoms with van der Waals surface area (Å²) in [5, 5.41) is 3.38. The predicted molar refractivity (Wildman–Crippen MR) is 80.0 cm³/mol. The van der Waals surface area contributed by atoms with E-state index in [0.717, 1.165) is 26.2 Å². The standard InChI is InChI=1S/C17H20N2/c1-2-18-17-9-8-15-12-19(13-16(15)10-17)11-14-6-4-3-5-7-14/h3-10,18H,2,11-13H2,1H3. The second-order valence-corrected chi connectivity index (χ2v) is 5.14. The zero-order valence-corrected chi connectivity index (χ0v) is 11.4. The van der Waals surface area contributed by atoms with Crippen LogP contribution in [0.2, 0.25) is 0 Å². The van der Waals surface area contributed by atoms with Gasteiger partial charge >= 0.3 is 0 Å². The van der Waals surface area contributed by atoms with Crippen molar-refractivity contribution in [3.05, 3.63) is 65.2 Å². The number of rotatable bonds is 4. The second-order valence-electron chi connectivity index (χ2n) is 5.14. The van der Waals surface area contributed by atoms with E-state index in [9.17, 15) is 0 Å². The van der Waals surface area contributed by atoms with Crippen LogP contribution in [0.25, 0.3) is 0 Å². The average Bonchev–Trinajstić information content (AvgIpc) is 2.82. The van der Waals surface area contributed by atoms with Crippen molar-refractivity contribution in [3.63, 3.8) is 0 Å². The van der Waals surface area contributed by atoms with Gasteiger partial charge in [-0.05, 0) is 35.7 Å². The van der Waals surface area contributed by atoms with E-state index in [1.165, 1.54) is 22.4 Å². The minimum atomic E-state index is 0.979. The van der Waals surface area contributed by atoms with Gasteiger partial charge < -0.3 is 5.32 Å². The lowest BCUT2D eigenvalue weighted by Gasteiger charge is -2.14. The number of nitrogens with one attached hydrogen (secondary N) is 1. The number of fused-ring (bicyclic) bond motifs is 1. The smallest absolute Gasteiger partial charge is 0.0343 e. The highest BCUT2D eigenvalue weighted by molar-refractivity contribution is 5.49. The summed E-state index contributed by atoms with van der Waals surface area (Å²) in [4.78, 5) is 2.50. The lowest BCUT2D eigenvalue weighted by molar-refractivity contribution is 0.275. The maximum absolute atomic E-state index is 3.38. The van der Waals surface area contributed by atoms with Crippen LogP contribution in [-0.2, 0) is 19.6 Å². The summed E-state index contributed by atoms with van der Waals surface area (Å²) in [5.41, 5.74) is 5.57. The molecule has 0 bridgehead atoms. The molecule has 98 valence electrons. The van der Waals surface area contributed by atoms with Gasteiger partial charge in [0.25, 0.3) is 0 Å². The van der Waals surface area contributed by atoms with Gasteiger partial charge in [-0.3, -0.25) is 4.90 Å². The summed E-state index contributed by atoms with van der Waals surface area (Å²) >= 11 is 0. The molecule has 0 saturated carbocycles. The summed E-state index contributed by atoms with van der Waals surface area (Å²) in [6.45, 7) is 6.27. The molecule has 0 fully saturated rings. The van der Waals surface area contributed by atoms with E-state index in [4.69, 9.17) is 0 Å². The summed E-state index contributed by atoms with van der Waals surface area (Å²) in [5.74, 6) is 0. The van der Waals surface area contributed by atoms with Gasteiger partial charge in [0, 0.05) is 31.9 Å². The Bertz CT molecular complexity index is 548. The molecule has 2 aromatic rings. The number of anilines is 1. The van der Waals surface area contributed by atoms with Crippen LogP contribution in [0.3, 0.4) is 0 Å².